The van der Waals surface area contributed by atoms with Gasteiger partial charge in [-0.15, -0.1) is 0 Å². The molecule has 4 heteroatoms. The maximum Gasteiger partial charge on any atom is 0.110 e. The van der Waals surface area contributed by atoms with Crippen molar-refractivity contribution in [3.8, 4) is 5.69 Å². The zero-order valence-electron chi connectivity index (χ0n) is 9.18. The Labute approximate surface area is 99.3 Å². The van der Waals surface area contributed by atoms with E-state index in [0.717, 1.165) is 17.1 Å². The van der Waals surface area contributed by atoms with Gasteiger partial charge >= 0.3 is 0 Å². The number of aryl methyl sites for hydroxylation is 1. The molecule has 0 fully saturated rings. The van der Waals surface area contributed by atoms with Gasteiger partial charge in [0.25, 0.3) is 0 Å². The molecule has 1 N–H and O–H groups in total. The molecular formula is C12H13ClN2O. The van der Waals surface area contributed by atoms with E-state index in [4.69, 9.17) is 11.6 Å². The van der Waals surface area contributed by atoms with E-state index >= 15 is 0 Å². The molecule has 0 aliphatic rings. The van der Waals surface area contributed by atoms with Crippen LogP contribution in [0, 0.1) is 6.92 Å². The zero-order valence-corrected chi connectivity index (χ0v) is 9.94. The van der Waals surface area contributed by atoms with Crippen LogP contribution < -0.4 is 0 Å². The molecule has 0 unspecified atom stereocenters. The number of aliphatic hydroxyl groups excluding tert-OH is 1. The molecular weight excluding hydrogens is 224 g/mol. The second-order valence-electron chi connectivity index (χ2n) is 3.73. The van der Waals surface area contributed by atoms with Crippen molar-refractivity contribution in [3.63, 3.8) is 0 Å². The van der Waals surface area contributed by atoms with Crippen LogP contribution >= 0.6 is 11.6 Å². The molecule has 16 heavy (non-hydrogen) atoms. The van der Waals surface area contributed by atoms with Crippen LogP contribution in [0.3, 0.4) is 0 Å². The molecule has 2 rings (SSSR count). The predicted octanol–water partition coefficient (Wildman–Crippen LogP) is 2.89. The van der Waals surface area contributed by atoms with E-state index in [-0.39, 0.29) is 0 Å². The third kappa shape index (κ3) is 1.96. The number of benzene rings is 1. The fourth-order valence-electron chi connectivity index (χ4n) is 1.61. The van der Waals surface area contributed by atoms with E-state index in [1.807, 2.05) is 29.8 Å². The quantitative estimate of drug-likeness (QED) is 0.871. The Balaban J connectivity index is 2.48. The zero-order chi connectivity index (χ0) is 11.7. The normalized spacial score (nSPS) is 12.8. The number of hydrogen-bond acceptors (Lipinski definition) is 2. The van der Waals surface area contributed by atoms with Gasteiger partial charge in [0, 0.05) is 12.4 Å². The van der Waals surface area contributed by atoms with E-state index < -0.39 is 6.10 Å². The third-order valence-corrected chi connectivity index (χ3v) is 2.84. The summed E-state index contributed by atoms with van der Waals surface area (Å²) in [5.41, 5.74) is 1.69. The lowest BCUT2D eigenvalue weighted by atomic mass is 10.1. The van der Waals surface area contributed by atoms with Gasteiger partial charge in [-0.25, -0.2) is 4.98 Å². The van der Waals surface area contributed by atoms with Crippen molar-refractivity contribution in [2.24, 2.45) is 0 Å². The van der Waals surface area contributed by atoms with Crippen LogP contribution in [-0.2, 0) is 0 Å². The molecule has 0 radical (unpaired) electrons. The van der Waals surface area contributed by atoms with E-state index in [1.54, 1.807) is 19.2 Å². The molecule has 0 aliphatic heterocycles. The van der Waals surface area contributed by atoms with Crippen molar-refractivity contribution < 1.29 is 5.11 Å². The second kappa shape index (κ2) is 4.28. The standard InChI is InChI=1S/C12H13ClN2O/c1-8(16)10-3-4-12(11(13)7-10)15-6-5-14-9(15)2/h3-8,16H,1-2H3/t8-/m0/s1. The topological polar surface area (TPSA) is 38.0 Å². The molecule has 0 saturated heterocycles. The van der Waals surface area contributed by atoms with E-state index in [1.165, 1.54) is 0 Å². The molecule has 84 valence electrons. The number of hydrogen-bond donors (Lipinski definition) is 1. The highest BCUT2D eigenvalue weighted by molar-refractivity contribution is 6.32. The van der Waals surface area contributed by atoms with Crippen LogP contribution in [-0.4, -0.2) is 14.7 Å². The first-order valence-corrected chi connectivity index (χ1v) is 5.45. The lowest BCUT2D eigenvalue weighted by Gasteiger charge is -2.10. The van der Waals surface area contributed by atoms with Gasteiger partial charge in [-0.3, -0.25) is 0 Å². The van der Waals surface area contributed by atoms with Crippen molar-refractivity contribution in [3.05, 3.63) is 47.0 Å². The Morgan fingerprint density at radius 3 is 2.69 bits per heavy atom. The molecule has 0 amide bonds. The molecule has 1 aromatic carbocycles. The largest absolute Gasteiger partial charge is 0.389 e. The first-order valence-electron chi connectivity index (χ1n) is 5.07. The van der Waals surface area contributed by atoms with Crippen LogP contribution in [0.15, 0.2) is 30.6 Å². The van der Waals surface area contributed by atoms with Crippen LogP contribution in [0.2, 0.25) is 5.02 Å². The Bertz CT molecular complexity index is 505. The number of aromatic nitrogens is 2. The highest BCUT2D eigenvalue weighted by atomic mass is 35.5. The summed E-state index contributed by atoms with van der Waals surface area (Å²) in [7, 11) is 0. The summed E-state index contributed by atoms with van der Waals surface area (Å²) in [5, 5.41) is 10.1. The SMILES string of the molecule is Cc1nccn1-c1ccc([C@H](C)O)cc1Cl. The van der Waals surface area contributed by atoms with Gasteiger partial charge in [0.2, 0.25) is 0 Å². The van der Waals surface area contributed by atoms with Crippen molar-refractivity contribution in [1.82, 2.24) is 9.55 Å². The molecule has 1 aromatic heterocycles. The van der Waals surface area contributed by atoms with Crippen LogP contribution in [0.1, 0.15) is 24.4 Å². The first kappa shape index (κ1) is 11.2. The number of rotatable bonds is 2. The van der Waals surface area contributed by atoms with Gasteiger partial charge in [0.1, 0.15) is 5.82 Å². The van der Waals surface area contributed by atoms with Gasteiger partial charge in [-0.1, -0.05) is 17.7 Å². The minimum absolute atomic E-state index is 0.504. The van der Waals surface area contributed by atoms with E-state index in [0.29, 0.717) is 5.02 Å². The van der Waals surface area contributed by atoms with Crippen LogP contribution in [0.5, 0.6) is 0 Å². The summed E-state index contributed by atoms with van der Waals surface area (Å²) in [4.78, 5) is 4.15. The molecule has 1 heterocycles. The fraction of sp³-hybridized carbons (Fsp3) is 0.250. The summed E-state index contributed by atoms with van der Waals surface area (Å²) in [6.45, 7) is 3.63. The van der Waals surface area contributed by atoms with Gasteiger partial charge in [-0.05, 0) is 31.5 Å². The molecule has 3 nitrogen and oxygen atoms in total. The molecule has 0 bridgehead atoms. The van der Waals surface area contributed by atoms with Crippen molar-refractivity contribution in [1.29, 1.82) is 0 Å². The van der Waals surface area contributed by atoms with E-state index in [9.17, 15) is 5.11 Å². The number of nitrogens with zero attached hydrogens (tertiary/aromatic N) is 2. The van der Waals surface area contributed by atoms with Crippen LogP contribution in [0.25, 0.3) is 5.69 Å². The fourth-order valence-corrected chi connectivity index (χ4v) is 1.89. The van der Waals surface area contributed by atoms with Gasteiger partial charge < -0.3 is 9.67 Å². The molecule has 0 spiro atoms. The summed E-state index contributed by atoms with van der Waals surface area (Å²) in [5.74, 6) is 0.881. The lowest BCUT2D eigenvalue weighted by Crippen LogP contribution is -1.98. The highest BCUT2D eigenvalue weighted by Gasteiger charge is 2.08. The summed E-state index contributed by atoms with van der Waals surface area (Å²) < 4.78 is 1.91. The molecule has 0 saturated carbocycles. The van der Waals surface area contributed by atoms with Crippen molar-refractivity contribution in [2.45, 2.75) is 20.0 Å². The Morgan fingerprint density at radius 1 is 1.44 bits per heavy atom. The van der Waals surface area contributed by atoms with Gasteiger partial charge in [-0.2, -0.15) is 0 Å². The minimum atomic E-state index is -0.504. The highest BCUT2D eigenvalue weighted by Crippen LogP contribution is 2.25. The van der Waals surface area contributed by atoms with Crippen LogP contribution in [0.4, 0.5) is 0 Å². The van der Waals surface area contributed by atoms with E-state index in [2.05, 4.69) is 4.98 Å². The predicted molar refractivity (Wildman–Crippen MR) is 63.9 cm³/mol. The average molecular weight is 237 g/mol. The van der Waals surface area contributed by atoms with Crippen molar-refractivity contribution >= 4 is 11.6 Å². The average Bonchev–Trinajstić information content (AvgIpc) is 2.64. The molecule has 1 atom stereocenters. The number of aliphatic hydroxyl groups is 1. The Hall–Kier alpha value is -1.32. The Morgan fingerprint density at radius 2 is 2.19 bits per heavy atom. The maximum absolute atomic E-state index is 9.45. The second-order valence-corrected chi connectivity index (χ2v) is 4.14. The lowest BCUT2D eigenvalue weighted by molar-refractivity contribution is 0.199. The smallest absolute Gasteiger partial charge is 0.110 e. The molecule has 2 aromatic rings. The third-order valence-electron chi connectivity index (χ3n) is 2.54. The summed E-state index contributed by atoms with van der Waals surface area (Å²) in [6, 6.07) is 5.53. The van der Waals surface area contributed by atoms with Gasteiger partial charge in [0.05, 0.1) is 16.8 Å². The minimum Gasteiger partial charge on any atom is -0.389 e. The van der Waals surface area contributed by atoms with Gasteiger partial charge in [0.15, 0.2) is 0 Å². The van der Waals surface area contributed by atoms with Crippen molar-refractivity contribution in [2.75, 3.05) is 0 Å². The number of halogens is 1. The number of imidazole rings is 1. The Kier molecular flexibility index (Phi) is 2.99. The maximum atomic E-state index is 9.45. The summed E-state index contributed by atoms with van der Waals surface area (Å²) >= 11 is 6.18. The first-order chi connectivity index (χ1) is 7.59. The summed E-state index contributed by atoms with van der Waals surface area (Å²) in [6.07, 6.45) is 3.09. The molecule has 0 aliphatic carbocycles. The monoisotopic (exact) mass is 236 g/mol.